The van der Waals surface area contributed by atoms with Gasteiger partial charge in [0.15, 0.2) is 5.16 Å². The van der Waals surface area contributed by atoms with Crippen molar-refractivity contribution in [3.05, 3.63) is 34.2 Å². The van der Waals surface area contributed by atoms with Crippen LogP contribution in [0.25, 0.3) is 0 Å². The fraction of sp³-hybridized carbons (Fsp3) is 0.250. The molecule has 1 heterocycles. The Morgan fingerprint density at radius 1 is 1.55 bits per heavy atom. The van der Waals surface area contributed by atoms with Gasteiger partial charge in [-0.3, -0.25) is 4.57 Å². The summed E-state index contributed by atoms with van der Waals surface area (Å²) < 4.78 is 1.48. The SMILES string of the molecule is CCCn1c(Sc2ccc(N)cc2C(=O)O)n[nH]c1=O. The molecule has 20 heavy (non-hydrogen) atoms. The molecule has 4 N–H and O–H groups in total. The van der Waals surface area contributed by atoms with Crippen molar-refractivity contribution >= 4 is 23.4 Å². The number of carboxylic acid groups (broad SMARTS) is 1. The number of nitrogen functional groups attached to an aromatic ring is 1. The molecule has 106 valence electrons. The molecule has 7 nitrogen and oxygen atoms in total. The van der Waals surface area contributed by atoms with Gasteiger partial charge in [-0.15, -0.1) is 5.10 Å². The maximum atomic E-state index is 11.6. The predicted molar refractivity (Wildman–Crippen MR) is 75.1 cm³/mol. The maximum absolute atomic E-state index is 11.6. The summed E-state index contributed by atoms with van der Waals surface area (Å²) in [5, 5.41) is 15.9. The number of hydrogen-bond acceptors (Lipinski definition) is 5. The van der Waals surface area contributed by atoms with Gasteiger partial charge in [0.05, 0.1) is 5.56 Å². The second-order valence-electron chi connectivity index (χ2n) is 4.13. The lowest BCUT2D eigenvalue weighted by Crippen LogP contribution is -2.17. The van der Waals surface area contributed by atoms with Crippen LogP contribution in [0.3, 0.4) is 0 Å². The van der Waals surface area contributed by atoms with Crippen LogP contribution in [0.2, 0.25) is 0 Å². The standard InChI is InChI=1S/C12H14N4O3S/c1-2-5-16-11(19)14-15-12(16)20-9-4-3-7(13)6-8(9)10(17)18/h3-4,6H,2,5,13H2,1H3,(H,14,19)(H,17,18). The smallest absolute Gasteiger partial charge is 0.343 e. The molecule has 2 rings (SSSR count). The summed E-state index contributed by atoms with van der Waals surface area (Å²) in [6.07, 6.45) is 0.778. The highest BCUT2D eigenvalue weighted by atomic mass is 32.2. The Morgan fingerprint density at radius 3 is 2.95 bits per heavy atom. The van der Waals surface area contributed by atoms with Crippen molar-refractivity contribution in [2.45, 2.75) is 29.9 Å². The van der Waals surface area contributed by atoms with Crippen molar-refractivity contribution < 1.29 is 9.90 Å². The predicted octanol–water partition coefficient (Wildman–Crippen LogP) is 1.41. The Bertz CT molecular complexity index is 692. The molecule has 8 heteroatoms. The fourth-order valence-electron chi connectivity index (χ4n) is 1.70. The molecule has 2 aromatic rings. The van der Waals surface area contributed by atoms with Crippen LogP contribution in [0.15, 0.2) is 33.0 Å². The summed E-state index contributed by atoms with van der Waals surface area (Å²) in [5.74, 6) is -1.07. The van der Waals surface area contributed by atoms with Crippen LogP contribution in [-0.2, 0) is 6.54 Å². The fourth-order valence-corrected chi connectivity index (χ4v) is 2.67. The number of nitrogens with zero attached hydrogens (tertiary/aromatic N) is 2. The normalized spacial score (nSPS) is 10.7. The third-order valence-electron chi connectivity index (χ3n) is 2.61. The minimum atomic E-state index is -1.07. The van der Waals surface area contributed by atoms with Gasteiger partial charge in [0, 0.05) is 17.1 Å². The minimum absolute atomic E-state index is 0.0912. The molecular formula is C12H14N4O3S. The van der Waals surface area contributed by atoms with Crippen molar-refractivity contribution in [3.8, 4) is 0 Å². The molecule has 0 unspecified atom stereocenters. The van der Waals surface area contributed by atoms with Gasteiger partial charge in [-0.25, -0.2) is 14.7 Å². The molecule has 0 atom stereocenters. The molecule has 0 aliphatic rings. The van der Waals surface area contributed by atoms with Crippen molar-refractivity contribution in [2.75, 3.05) is 5.73 Å². The molecule has 0 saturated heterocycles. The number of nitrogens with two attached hydrogens (primary N) is 1. The lowest BCUT2D eigenvalue weighted by atomic mass is 10.2. The van der Waals surface area contributed by atoms with E-state index < -0.39 is 5.97 Å². The van der Waals surface area contributed by atoms with Gasteiger partial charge in [0.1, 0.15) is 0 Å². The van der Waals surface area contributed by atoms with E-state index in [0.717, 1.165) is 18.2 Å². The Hall–Kier alpha value is -2.22. The Kier molecular flexibility index (Phi) is 4.14. The summed E-state index contributed by atoms with van der Waals surface area (Å²) in [7, 11) is 0. The number of anilines is 1. The third-order valence-corrected chi connectivity index (χ3v) is 3.68. The highest BCUT2D eigenvalue weighted by Gasteiger charge is 2.15. The van der Waals surface area contributed by atoms with E-state index in [1.54, 1.807) is 12.1 Å². The van der Waals surface area contributed by atoms with Gasteiger partial charge >= 0.3 is 11.7 Å². The lowest BCUT2D eigenvalue weighted by molar-refractivity contribution is 0.0693. The number of carbonyl (C=O) groups is 1. The zero-order valence-electron chi connectivity index (χ0n) is 10.8. The van der Waals surface area contributed by atoms with E-state index in [4.69, 9.17) is 5.73 Å². The first-order valence-corrected chi connectivity index (χ1v) is 6.80. The highest BCUT2D eigenvalue weighted by Crippen LogP contribution is 2.29. The van der Waals surface area contributed by atoms with E-state index in [0.29, 0.717) is 22.3 Å². The number of carboxylic acids is 1. The van der Waals surface area contributed by atoms with E-state index in [-0.39, 0.29) is 11.3 Å². The first-order valence-electron chi connectivity index (χ1n) is 5.98. The van der Waals surface area contributed by atoms with Crippen LogP contribution in [0.5, 0.6) is 0 Å². The van der Waals surface area contributed by atoms with Crippen molar-refractivity contribution in [3.63, 3.8) is 0 Å². The number of rotatable bonds is 5. The van der Waals surface area contributed by atoms with E-state index in [1.807, 2.05) is 6.92 Å². The Morgan fingerprint density at radius 2 is 2.30 bits per heavy atom. The number of aromatic amines is 1. The van der Waals surface area contributed by atoms with Crippen molar-refractivity contribution in [2.24, 2.45) is 0 Å². The molecule has 0 saturated carbocycles. The summed E-state index contributed by atoms with van der Waals surface area (Å²) in [6.45, 7) is 2.47. The van der Waals surface area contributed by atoms with Crippen LogP contribution < -0.4 is 11.4 Å². The lowest BCUT2D eigenvalue weighted by Gasteiger charge is -2.07. The monoisotopic (exact) mass is 294 g/mol. The van der Waals surface area contributed by atoms with Crippen LogP contribution in [0, 0.1) is 0 Å². The molecule has 0 aliphatic heterocycles. The summed E-state index contributed by atoms with van der Waals surface area (Å²) in [6, 6.07) is 4.61. The number of hydrogen-bond donors (Lipinski definition) is 3. The van der Waals surface area contributed by atoms with Gasteiger partial charge < -0.3 is 10.8 Å². The van der Waals surface area contributed by atoms with Gasteiger partial charge in [-0.1, -0.05) is 6.92 Å². The zero-order chi connectivity index (χ0) is 14.7. The number of H-pyrrole nitrogens is 1. The summed E-state index contributed by atoms with van der Waals surface area (Å²) in [5.41, 5.74) is 5.75. The first kappa shape index (κ1) is 14.2. The molecule has 0 radical (unpaired) electrons. The Labute approximate surface area is 118 Å². The molecule has 1 aromatic heterocycles. The molecule has 0 fully saturated rings. The maximum Gasteiger partial charge on any atom is 0.343 e. The average molecular weight is 294 g/mol. The van der Waals surface area contributed by atoms with Crippen LogP contribution in [0.4, 0.5) is 5.69 Å². The Balaban J connectivity index is 2.40. The third kappa shape index (κ3) is 2.85. The zero-order valence-corrected chi connectivity index (χ0v) is 11.6. The van der Waals surface area contributed by atoms with Gasteiger partial charge in [-0.05, 0) is 36.4 Å². The summed E-state index contributed by atoms with van der Waals surface area (Å²) in [4.78, 5) is 23.3. The number of aromatic nitrogens is 3. The van der Waals surface area contributed by atoms with E-state index in [1.165, 1.54) is 10.6 Å². The minimum Gasteiger partial charge on any atom is -0.478 e. The quantitative estimate of drug-likeness (QED) is 0.718. The number of benzene rings is 1. The number of aromatic carboxylic acids is 1. The largest absolute Gasteiger partial charge is 0.478 e. The highest BCUT2D eigenvalue weighted by molar-refractivity contribution is 7.99. The molecule has 1 aromatic carbocycles. The van der Waals surface area contributed by atoms with E-state index in [9.17, 15) is 14.7 Å². The topological polar surface area (TPSA) is 114 Å². The van der Waals surface area contributed by atoms with E-state index >= 15 is 0 Å². The molecule has 0 aliphatic carbocycles. The van der Waals surface area contributed by atoms with Gasteiger partial charge in [-0.2, -0.15) is 0 Å². The van der Waals surface area contributed by atoms with Crippen LogP contribution in [0.1, 0.15) is 23.7 Å². The second kappa shape index (κ2) is 5.83. The van der Waals surface area contributed by atoms with Crippen LogP contribution in [-0.4, -0.2) is 25.8 Å². The summed E-state index contributed by atoms with van der Waals surface area (Å²) >= 11 is 1.12. The molecule has 0 spiro atoms. The molecular weight excluding hydrogens is 280 g/mol. The van der Waals surface area contributed by atoms with Crippen molar-refractivity contribution in [1.29, 1.82) is 0 Å². The van der Waals surface area contributed by atoms with Crippen molar-refractivity contribution in [1.82, 2.24) is 14.8 Å². The van der Waals surface area contributed by atoms with Crippen LogP contribution >= 0.6 is 11.8 Å². The van der Waals surface area contributed by atoms with E-state index in [2.05, 4.69) is 10.2 Å². The first-order chi connectivity index (χ1) is 9.52. The molecule has 0 amide bonds. The molecule has 0 bridgehead atoms. The van der Waals surface area contributed by atoms with Gasteiger partial charge in [0.25, 0.3) is 0 Å². The second-order valence-corrected chi connectivity index (χ2v) is 5.13. The average Bonchev–Trinajstić information content (AvgIpc) is 2.74. The number of nitrogens with one attached hydrogen (secondary N) is 1. The van der Waals surface area contributed by atoms with Gasteiger partial charge in [0.2, 0.25) is 0 Å².